The normalized spacial score (nSPS) is 11.1. The molecule has 0 spiro atoms. The largest absolute Gasteiger partial charge is 0.495 e. The molecule has 0 radical (unpaired) electrons. The van der Waals surface area contributed by atoms with Crippen molar-refractivity contribution in [2.45, 2.75) is 4.90 Å². The molecule has 2 aromatic rings. The lowest BCUT2D eigenvalue weighted by Gasteiger charge is -2.09. The molecule has 25 heavy (non-hydrogen) atoms. The van der Waals surface area contributed by atoms with Gasteiger partial charge in [-0.05, 0) is 42.0 Å². The van der Waals surface area contributed by atoms with Crippen LogP contribution in [0.2, 0.25) is 0 Å². The lowest BCUT2D eigenvalue weighted by atomic mass is 10.1. The van der Waals surface area contributed by atoms with Crippen molar-refractivity contribution in [3.63, 3.8) is 0 Å². The number of nitrogens with zero attached hydrogens (tertiary/aromatic N) is 1. The van der Waals surface area contributed by atoms with Crippen molar-refractivity contribution in [1.82, 2.24) is 0 Å². The number of hydrogen-bond acceptors (Lipinski definition) is 5. The summed E-state index contributed by atoms with van der Waals surface area (Å²) in [4.78, 5) is 11.7. The Bertz CT molecular complexity index is 958. The van der Waals surface area contributed by atoms with Crippen LogP contribution in [0.25, 0.3) is 6.08 Å². The van der Waals surface area contributed by atoms with Crippen molar-refractivity contribution in [1.29, 1.82) is 5.26 Å². The summed E-state index contributed by atoms with van der Waals surface area (Å²) in [5, 5.41) is 16.4. The Morgan fingerprint density at radius 3 is 2.48 bits per heavy atom. The smallest absolute Gasteiger partial charge is 0.248 e. The van der Waals surface area contributed by atoms with Gasteiger partial charge in [-0.2, -0.15) is 5.26 Å². The number of methoxy groups -OCH3 is 1. The summed E-state index contributed by atoms with van der Waals surface area (Å²) in [6, 6.07) is 12.8. The van der Waals surface area contributed by atoms with Crippen molar-refractivity contribution in [2.75, 3.05) is 12.4 Å². The topological polar surface area (TPSA) is 122 Å². The molecule has 3 N–H and O–H groups in total. The number of nitrogens with one attached hydrogen (secondary N) is 1. The molecule has 0 aromatic heterocycles. The van der Waals surface area contributed by atoms with Crippen molar-refractivity contribution >= 4 is 27.7 Å². The van der Waals surface area contributed by atoms with Crippen LogP contribution >= 0.6 is 0 Å². The van der Waals surface area contributed by atoms with Gasteiger partial charge in [0.05, 0.1) is 18.7 Å². The molecule has 2 rings (SSSR count). The number of carbonyl (C=O) groups is 1. The number of sulfonamides is 1. The fourth-order valence-corrected chi connectivity index (χ4v) is 2.72. The van der Waals surface area contributed by atoms with Gasteiger partial charge in [0.15, 0.2) is 0 Å². The van der Waals surface area contributed by atoms with E-state index in [0.29, 0.717) is 5.56 Å². The van der Waals surface area contributed by atoms with E-state index in [-0.39, 0.29) is 16.3 Å². The number of hydrogen-bond donors (Lipinski definition) is 2. The fourth-order valence-electron chi connectivity index (χ4n) is 2.00. The summed E-state index contributed by atoms with van der Waals surface area (Å²) in [5.41, 5.74) is 1.53. The van der Waals surface area contributed by atoms with Gasteiger partial charge in [0.1, 0.15) is 10.6 Å². The van der Waals surface area contributed by atoms with E-state index in [9.17, 15) is 13.2 Å². The Labute approximate surface area is 145 Å². The molecule has 2 aromatic carbocycles. The standard InChI is InChI=1S/C17H15N3O4S/c1-24-15-8-7-14(10-16(15)25(19,22)23)20-17(21)9-6-12-2-4-13(11-18)5-3-12/h2-10H,1H3,(H,20,21)(H2,19,22,23)/b9-6+. The van der Waals surface area contributed by atoms with Crippen LogP contribution in [0.3, 0.4) is 0 Å². The van der Waals surface area contributed by atoms with E-state index in [1.165, 1.54) is 31.4 Å². The lowest BCUT2D eigenvalue weighted by Crippen LogP contribution is -2.15. The Morgan fingerprint density at radius 2 is 1.92 bits per heavy atom. The second kappa shape index (κ2) is 7.61. The predicted octanol–water partition coefficient (Wildman–Crippen LogP) is 1.87. The summed E-state index contributed by atoms with van der Waals surface area (Å²) in [6.45, 7) is 0. The first-order valence-electron chi connectivity index (χ1n) is 7.03. The second-order valence-corrected chi connectivity index (χ2v) is 6.50. The third-order valence-electron chi connectivity index (χ3n) is 3.20. The molecule has 128 valence electrons. The van der Waals surface area contributed by atoms with Crippen LogP contribution in [-0.4, -0.2) is 21.4 Å². The van der Waals surface area contributed by atoms with Crippen molar-refractivity contribution in [3.8, 4) is 11.8 Å². The molecule has 7 nitrogen and oxygen atoms in total. The highest BCUT2D eigenvalue weighted by atomic mass is 32.2. The Kier molecular flexibility index (Phi) is 5.54. The first-order valence-corrected chi connectivity index (χ1v) is 8.58. The number of benzene rings is 2. The average molecular weight is 357 g/mol. The second-order valence-electron chi connectivity index (χ2n) is 4.97. The lowest BCUT2D eigenvalue weighted by molar-refractivity contribution is -0.111. The zero-order chi connectivity index (χ0) is 18.4. The highest BCUT2D eigenvalue weighted by Gasteiger charge is 2.16. The molecule has 8 heteroatoms. The molecule has 0 aliphatic heterocycles. The minimum Gasteiger partial charge on any atom is -0.495 e. The van der Waals surface area contributed by atoms with Gasteiger partial charge in [0, 0.05) is 11.8 Å². The van der Waals surface area contributed by atoms with Gasteiger partial charge in [0.25, 0.3) is 0 Å². The Hall–Kier alpha value is -3.15. The number of anilines is 1. The quantitative estimate of drug-likeness (QED) is 0.791. The van der Waals surface area contributed by atoms with Gasteiger partial charge in [0.2, 0.25) is 15.9 Å². The number of amides is 1. The monoisotopic (exact) mass is 357 g/mol. The van der Waals surface area contributed by atoms with Crippen molar-refractivity contribution in [3.05, 3.63) is 59.7 Å². The molecule has 1 amide bonds. The van der Waals surface area contributed by atoms with Gasteiger partial charge in [-0.1, -0.05) is 12.1 Å². The van der Waals surface area contributed by atoms with Crippen LogP contribution in [0.15, 0.2) is 53.4 Å². The number of nitriles is 1. The summed E-state index contributed by atoms with van der Waals surface area (Å²) < 4.78 is 28.1. The van der Waals surface area contributed by atoms with Crippen molar-refractivity contribution < 1.29 is 17.9 Å². The maximum absolute atomic E-state index is 12.0. The number of primary sulfonamides is 1. The van der Waals surface area contributed by atoms with E-state index in [2.05, 4.69) is 5.32 Å². The van der Waals surface area contributed by atoms with E-state index in [0.717, 1.165) is 5.56 Å². The molecule has 0 aliphatic carbocycles. The van der Waals surface area contributed by atoms with E-state index in [1.54, 1.807) is 30.3 Å². The van der Waals surface area contributed by atoms with Crippen LogP contribution in [0, 0.1) is 11.3 Å². The molecule has 0 aliphatic rings. The Balaban J connectivity index is 2.15. The maximum Gasteiger partial charge on any atom is 0.248 e. The summed E-state index contributed by atoms with van der Waals surface area (Å²) >= 11 is 0. The van der Waals surface area contributed by atoms with Crippen molar-refractivity contribution in [2.24, 2.45) is 5.14 Å². The van der Waals surface area contributed by atoms with E-state index < -0.39 is 15.9 Å². The summed E-state index contributed by atoms with van der Waals surface area (Å²) in [7, 11) is -2.66. The van der Waals surface area contributed by atoms with Gasteiger partial charge >= 0.3 is 0 Å². The third kappa shape index (κ3) is 4.91. The summed E-state index contributed by atoms with van der Waals surface area (Å²) in [5.74, 6) is -0.358. The first kappa shape index (κ1) is 18.2. The Morgan fingerprint density at radius 1 is 1.24 bits per heavy atom. The van der Waals surface area contributed by atoms with Crippen LogP contribution in [0.5, 0.6) is 5.75 Å². The van der Waals surface area contributed by atoms with Crippen LogP contribution in [0.1, 0.15) is 11.1 Å². The molecule has 0 saturated heterocycles. The molecule has 0 fully saturated rings. The SMILES string of the molecule is COc1ccc(NC(=O)/C=C/c2ccc(C#N)cc2)cc1S(N)(=O)=O. The number of ether oxygens (including phenoxy) is 1. The molecule has 0 saturated carbocycles. The van der Waals surface area contributed by atoms with Crippen LogP contribution in [-0.2, 0) is 14.8 Å². The van der Waals surface area contributed by atoms with Gasteiger partial charge in [-0.15, -0.1) is 0 Å². The minimum atomic E-state index is -3.99. The van der Waals surface area contributed by atoms with Crippen LogP contribution in [0.4, 0.5) is 5.69 Å². The number of carbonyl (C=O) groups excluding carboxylic acids is 1. The maximum atomic E-state index is 12.0. The number of rotatable bonds is 5. The molecular formula is C17H15N3O4S. The average Bonchev–Trinajstić information content (AvgIpc) is 2.59. The summed E-state index contributed by atoms with van der Waals surface area (Å²) in [6.07, 6.45) is 2.86. The van der Waals surface area contributed by atoms with Gasteiger partial charge < -0.3 is 10.1 Å². The molecule has 0 atom stereocenters. The molecular weight excluding hydrogens is 342 g/mol. The highest BCUT2D eigenvalue weighted by Crippen LogP contribution is 2.26. The van der Waals surface area contributed by atoms with Gasteiger partial charge in [-0.25, -0.2) is 13.6 Å². The van der Waals surface area contributed by atoms with Crippen LogP contribution < -0.4 is 15.2 Å². The molecule has 0 unspecified atom stereocenters. The zero-order valence-electron chi connectivity index (χ0n) is 13.3. The molecule has 0 heterocycles. The highest BCUT2D eigenvalue weighted by molar-refractivity contribution is 7.89. The zero-order valence-corrected chi connectivity index (χ0v) is 14.1. The minimum absolute atomic E-state index is 0.0913. The third-order valence-corrected chi connectivity index (χ3v) is 4.14. The first-order chi connectivity index (χ1) is 11.8. The van der Waals surface area contributed by atoms with E-state index in [1.807, 2.05) is 6.07 Å². The molecule has 0 bridgehead atoms. The fraction of sp³-hybridized carbons (Fsp3) is 0.0588. The van der Waals surface area contributed by atoms with Gasteiger partial charge in [-0.3, -0.25) is 4.79 Å². The van der Waals surface area contributed by atoms with E-state index in [4.69, 9.17) is 15.1 Å². The number of nitrogens with two attached hydrogens (primary N) is 1. The predicted molar refractivity (Wildman–Crippen MR) is 93.2 cm³/mol. The van der Waals surface area contributed by atoms with E-state index >= 15 is 0 Å².